The van der Waals surface area contributed by atoms with Gasteiger partial charge in [-0.3, -0.25) is 4.79 Å². The minimum Gasteiger partial charge on any atom is -0.385 e. The van der Waals surface area contributed by atoms with E-state index in [1.807, 2.05) is 30.3 Å². The SMILES string of the molecule is CN(Cc1ccccc1)C(=O)CCNc1ccc(C(F)(F)F)cc1. The maximum atomic E-state index is 12.5. The molecule has 0 unspecified atom stereocenters. The topological polar surface area (TPSA) is 32.3 Å². The summed E-state index contributed by atoms with van der Waals surface area (Å²) in [5, 5.41) is 2.96. The van der Waals surface area contributed by atoms with Crippen molar-refractivity contribution in [2.24, 2.45) is 0 Å². The van der Waals surface area contributed by atoms with Gasteiger partial charge in [0.15, 0.2) is 0 Å². The normalized spacial score (nSPS) is 11.2. The van der Waals surface area contributed by atoms with Gasteiger partial charge in [-0.2, -0.15) is 13.2 Å². The number of nitrogens with one attached hydrogen (secondary N) is 1. The fourth-order valence-corrected chi connectivity index (χ4v) is 2.23. The maximum absolute atomic E-state index is 12.5. The maximum Gasteiger partial charge on any atom is 0.416 e. The van der Waals surface area contributed by atoms with Crippen LogP contribution >= 0.6 is 0 Å². The molecule has 0 radical (unpaired) electrons. The number of rotatable bonds is 6. The van der Waals surface area contributed by atoms with Gasteiger partial charge < -0.3 is 10.2 Å². The molecule has 0 bridgehead atoms. The lowest BCUT2D eigenvalue weighted by atomic mass is 10.2. The van der Waals surface area contributed by atoms with Crippen molar-refractivity contribution in [3.8, 4) is 0 Å². The van der Waals surface area contributed by atoms with Crippen LogP contribution in [0.25, 0.3) is 0 Å². The molecule has 6 heteroatoms. The van der Waals surface area contributed by atoms with Gasteiger partial charge in [0.2, 0.25) is 5.91 Å². The smallest absolute Gasteiger partial charge is 0.385 e. The molecule has 1 amide bonds. The second kappa shape index (κ2) is 7.86. The molecule has 0 aliphatic carbocycles. The summed E-state index contributed by atoms with van der Waals surface area (Å²) in [6.45, 7) is 0.892. The third-order valence-electron chi connectivity index (χ3n) is 3.57. The number of hydrogen-bond acceptors (Lipinski definition) is 2. The van der Waals surface area contributed by atoms with Crippen LogP contribution in [0.4, 0.5) is 18.9 Å². The lowest BCUT2D eigenvalue weighted by Gasteiger charge is -2.17. The molecule has 2 rings (SSSR count). The zero-order valence-electron chi connectivity index (χ0n) is 13.3. The minimum absolute atomic E-state index is 0.0294. The average molecular weight is 336 g/mol. The summed E-state index contributed by atoms with van der Waals surface area (Å²) in [5.41, 5.74) is 0.914. The Balaban J connectivity index is 1.78. The van der Waals surface area contributed by atoms with E-state index < -0.39 is 11.7 Å². The number of carbonyl (C=O) groups is 1. The number of halogens is 3. The summed E-state index contributed by atoms with van der Waals surface area (Å²) in [5.74, 6) is -0.0294. The van der Waals surface area contributed by atoms with Crippen LogP contribution in [0.15, 0.2) is 54.6 Å². The van der Waals surface area contributed by atoms with Gasteiger partial charge in [-0.1, -0.05) is 30.3 Å². The van der Waals surface area contributed by atoms with Gasteiger partial charge in [0.05, 0.1) is 5.56 Å². The van der Waals surface area contributed by atoms with E-state index in [1.54, 1.807) is 11.9 Å². The second-order valence-corrected chi connectivity index (χ2v) is 5.49. The Hall–Kier alpha value is -2.50. The third-order valence-corrected chi connectivity index (χ3v) is 3.57. The number of anilines is 1. The molecule has 0 aliphatic rings. The molecular formula is C18H19F3N2O. The Labute approximate surface area is 139 Å². The summed E-state index contributed by atoms with van der Waals surface area (Å²) in [6.07, 6.45) is -4.07. The Morgan fingerprint density at radius 2 is 1.67 bits per heavy atom. The van der Waals surface area contributed by atoms with Crippen LogP contribution in [-0.4, -0.2) is 24.4 Å². The van der Waals surface area contributed by atoms with Crippen LogP contribution in [0.2, 0.25) is 0 Å². The van der Waals surface area contributed by atoms with Crippen molar-refractivity contribution in [3.05, 3.63) is 65.7 Å². The molecule has 0 aromatic heterocycles. The van der Waals surface area contributed by atoms with Crippen LogP contribution in [0.1, 0.15) is 17.5 Å². The quantitative estimate of drug-likeness (QED) is 0.859. The highest BCUT2D eigenvalue weighted by atomic mass is 19.4. The Bertz CT molecular complexity index is 654. The first-order valence-corrected chi connectivity index (χ1v) is 7.55. The number of alkyl halides is 3. The van der Waals surface area contributed by atoms with Gasteiger partial charge in [-0.05, 0) is 29.8 Å². The summed E-state index contributed by atoms with van der Waals surface area (Å²) in [6, 6.07) is 14.4. The van der Waals surface area contributed by atoms with E-state index >= 15 is 0 Å². The largest absolute Gasteiger partial charge is 0.416 e. The van der Waals surface area contributed by atoms with Crippen molar-refractivity contribution in [2.45, 2.75) is 19.1 Å². The van der Waals surface area contributed by atoms with Crippen molar-refractivity contribution in [2.75, 3.05) is 18.9 Å². The van der Waals surface area contributed by atoms with Crippen molar-refractivity contribution >= 4 is 11.6 Å². The molecule has 0 heterocycles. The van der Waals surface area contributed by atoms with Crippen molar-refractivity contribution in [3.63, 3.8) is 0 Å². The molecule has 2 aromatic rings. The third kappa shape index (κ3) is 5.30. The van der Waals surface area contributed by atoms with E-state index in [0.717, 1.165) is 17.7 Å². The average Bonchev–Trinajstić information content (AvgIpc) is 2.55. The van der Waals surface area contributed by atoms with E-state index in [4.69, 9.17) is 0 Å². The van der Waals surface area contributed by atoms with Gasteiger partial charge in [-0.15, -0.1) is 0 Å². The van der Waals surface area contributed by atoms with Crippen molar-refractivity contribution in [1.29, 1.82) is 0 Å². The summed E-state index contributed by atoms with van der Waals surface area (Å²) < 4.78 is 37.4. The predicted octanol–water partition coefficient (Wildman–Crippen LogP) is 4.17. The molecule has 0 aliphatic heterocycles. The van der Waals surface area contributed by atoms with Gasteiger partial charge in [0, 0.05) is 32.2 Å². The monoisotopic (exact) mass is 336 g/mol. The van der Waals surface area contributed by atoms with Crippen molar-refractivity contribution < 1.29 is 18.0 Å². The summed E-state index contributed by atoms with van der Waals surface area (Å²) in [4.78, 5) is 13.7. The number of amides is 1. The van der Waals surface area contributed by atoms with Gasteiger partial charge in [-0.25, -0.2) is 0 Å². The lowest BCUT2D eigenvalue weighted by Crippen LogP contribution is -2.27. The number of hydrogen-bond donors (Lipinski definition) is 1. The molecule has 0 fully saturated rings. The predicted molar refractivity (Wildman–Crippen MR) is 87.5 cm³/mol. The van der Waals surface area contributed by atoms with E-state index in [9.17, 15) is 18.0 Å². The van der Waals surface area contributed by atoms with E-state index in [0.29, 0.717) is 18.8 Å². The Kier molecular flexibility index (Phi) is 5.84. The fourth-order valence-electron chi connectivity index (χ4n) is 2.23. The summed E-state index contributed by atoms with van der Waals surface area (Å²) in [7, 11) is 1.73. The van der Waals surface area contributed by atoms with Crippen LogP contribution in [0.5, 0.6) is 0 Å². The fraction of sp³-hybridized carbons (Fsp3) is 0.278. The Morgan fingerprint density at radius 1 is 1.04 bits per heavy atom. The van der Waals surface area contributed by atoms with Gasteiger partial charge >= 0.3 is 6.18 Å². The van der Waals surface area contributed by atoms with Gasteiger partial charge in [0.1, 0.15) is 0 Å². The van der Waals surface area contributed by atoms with Crippen LogP contribution in [0, 0.1) is 0 Å². The first-order chi connectivity index (χ1) is 11.4. The molecule has 128 valence electrons. The minimum atomic E-state index is -4.34. The molecular weight excluding hydrogens is 317 g/mol. The van der Waals surface area contributed by atoms with E-state index in [-0.39, 0.29) is 12.3 Å². The highest BCUT2D eigenvalue weighted by Crippen LogP contribution is 2.29. The van der Waals surface area contributed by atoms with E-state index in [2.05, 4.69) is 5.32 Å². The van der Waals surface area contributed by atoms with E-state index in [1.165, 1.54) is 12.1 Å². The first-order valence-electron chi connectivity index (χ1n) is 7.55. The second-order valence-electron chi connectivity index (χ2n) is 5.49. The molecule has 1 N–H and O–H groups in total. The van der Waals surface area contributed by atoms with Crippen LogP contribution in [0.3, 0.4) is 0 Å². The zero-order valence-corrected chi connectivity index (χ0v) is 13.3. The van der Waals surface area contributed by atoms with Crippen LogP contribution < -0.4 is 5.32 Å². The number of carbonyl (C=O) groups excluding carboxylic acids is 1. The summed E-state index contributed by atoms with van der Waals surface area (Å²) >= 11 is 0. The molecule has 2 aromatic carbocycles. The highest BCUT2D eigenvalue weighted by molar-refractivity contribution is 5.76. The number of benzene rings is 2. The van der Waals surface area contributed by atoms with Crippen LogP contribution in [-0.2, 0) is 17.5 Å². The Morgan fingerprint density at radius 3 is 2.25 bits per heavy atom. The number of nitrogens with zero attached hydrogens (tertiary/aromatic N) is 1. The van der Waals surface area contributed by atoms with Gasteiger partial charge in [0.25, 0.3) is 0 Å². The lowest BCUT2D eigenvalue weighted by molar-refractivity contribution is -0.137. The highest BCUT2D eigenvalue weighted by Gasteiger charge is 2.29. The zero-order chi connectivity index (χ0) is 17.6. The molecule has 3 nitrogen and oxygen atoms in total. The molecule has 0 saturated carbocycles. The standard InChI is InChI=1S/C18H19F3N2O/c1-23(13-14-5-3-2-4-6-14)17(24)11-12-22-16-9-7-15(8-10-16)18(19,20)21/h2-10,22H,11-13H2,1H3. The van der Waals surface area contributed by atoms with Crippen molar-refractivity contribution in [1.82, 2.24) is 4.90 Å². The molecule has 0 atom stereocenters. The first kappa shape index (κ1) is 17.8. The molecule has 0 spiro atoms. The molecule has 24 heavy (non-hydrogen) atoms. The molecule has 0 saturated heterocycles.